The summed E-state index contributed by atoms with van der Waals surface area (Å²) in [5, 5.41) is 1.02. The van der Waals surface area contributed by atoms with Gasteiger partial charge < -0.3 is 4.74 Å². The van der Waals surface area contributed by atoms with Crippen LogP contribution in [0.5, 0.6) is 0 Å². The summed E-state index contributed by atoms with van der Waals surface area (Å²) in [6.07, 6.45) is 4.41. The summed E-state index contributed by atoms with van der Waals surface area (Å²) in [6.45, 7) is -1.56. The maximum atomic E-state index is 13.0. The number of alkyl halides is 2. The lowest BCUT2D eigenvalue weighted by molar-refractivity contribution is 0.0678. The Bertz CT molecular complexity index is 998. The SMILES string of the molecule is O=c1c2ccccc2nc(SCc2nccn2C(F)F)n1C[C@H]1CCCO1. The van der Waals surface area contributed by atoms with Crippen molar-refractivity contribution in [1.82, 2.24) is 19.1 Å². The van der Waals surface area contributed by atoms with Gasteiger partial charge in [0.25, 0.3) is 5.56 Å². The zero-order valence-electron chi connectivity index (χ0n) is 14.4. The van der Waals surface area contributed by atoms with Crippen LogP contribution in [0.3, 0.4) is 0 Å². The Kier molecular flexibility index (Phi) is 5.22. The molecule has 4 rings (SSSR count). The number of hydrogen-bond acceptors (Lipinski definition) is 5. The van der Waals surface area contributed by atoms with Gasteiger partial charge in [-0.2, -0.15) is 8.78 Å². The highest BCUT2D eigenvalue weighted by molar-refractivity contribution is 7.98. The van der Waals surface area contributed by atoms with Crippen LogP contribution in [0.25, 0.3) is 10.9 Å². The third-order valence-corrected chi connectivity index (χ3v) is 5.50. The molecule has 1 saturated heterocycles. The van der Waals surface area contributed by atoms with E-state index in [1.54, 1.807) is 22.8 Å². The zero-order chi connectivity index (χ0) is 18.8. The second kappa shape index (κ2) is 7.77. The molecule has 1 aromatic carbocycles. The fourth-order valence-corrected chi connectivity index (χ4v) is 4.13. The molecule has 1 atom stereocenters. The van der Waals surface area contributed by atoms with Crippen LogP contribution in [0, 0.1) is 0 Å². The topological polar surface area (TPSA) is 61.9 Å². The predicted molar refractivity (Wildman–Crippen MR) is 98.0 cm³/mol. The molecule has 6 nitrogen and oxygen atoms in total. The third-order valence-electron chi connectivity index (χ3n) is 4.53. The quantitative estimate of drug-likeness (QED) is 0.475. The van der Waals surface area contributed by atoms with E-state index in [4.69, 9.17) is 4.74 Å². The predicted octanol–water partition coefficient (Wildman–Crippen LogP) is 3.46. The van der Waals surface area contributed by atoms with Crippen molar-refractivity contribution < 1.29 is 13.5 Å². The first-order valence-corrected chi connectivity index (χ1v) is 9.66. The first-order valence-electron chi connectivity index (χ1n) is 8.67. The van der Waals surface area contributed by atoms with E-state index in [2.05, 4.69) is 9.97 Å². The van der Waals surface area contributed by atoms with Crippen LogP contribution in [0.15, 0.2) is 46.6 Å². The highest BCUT2D eigenvalue weighted by Gasteiger charge is 2.21. The first-order chi connectivity index (χ1) is 13.1. The summed E-state index contributed by atoms with van der Waals surface area (Å²) in [5.74, 6) is 0.425. The number of rotatable bonds is 6. The third kappa shape index (κ3) is 3.74. The van der Waals surface area contributed by atoms with E-state index >= 15 is 0 Å². The number of para-hydroxylation sites is 1. The molecule has 0 unspecified atom stereocenters. The molecule has 1 aliphatic rings. The molecule has 1 fully saturated rings. The first kappa shape index (κ1) is 18.1. The van der Waals surface area contributed by atoms with Crippen molar-refractivity contribution in [1.29, 1.82) is 0 Å². The van der Waals surface area contributed by atoms with Gasteiger partial charge in [0.05, 0.1) is 29.3 Å². The number of thioether (sulfide) groups is 1. The number of nitrogens with zero attached hydrogens (tertiary/aromatic N) is 4. The Hall–Kier alpha value is -2.26. The molecule has 3 heterocycles. The van der Waals surface area contributed by atoms with E-state index in [1.165, 1.54) is 24.2 Å². The number of hydrogen-bond donors (Lipinski definition) is 0. The Morgan fingerprint density at radius 3 is 2.96 bits per heavy atom. The normalized spacial score (nSPS) is 17.2. The van der Waals surface area contributed by atoms with Crippen LogP contribution in [0.4, 0.5) is 8.78 Å². The van der Waals surface area contributed by atoms with Gasteiger partial charge in [-0.05, 0) is 25.0 Å². The highest BCUT2D eigenvalue weighted by atomic mass is 32.2. The molecule has 0 radical (unpaired) electrons. The van der Waals surface area contributed by atoms with Gasteiger partial charge in [0.2, 0.25) is 0 Å². The largest absolute Gasteiger partial charge is 0.376 e. The Labute approximate surface area is 158 Å². The summed E-state index contributed by atoms with van der Waals surface area (Å²) >= 11 is 1.23. The maximum absolute atomic E-state index is 13.0. The summed E-state index contributed by atoms with van der Waals surface area (Å²) in [5.41, 5.74) is 0.446. The second-order valence-corrected chi connectivity index (χ2v) is 7.22. The highest BCUT2D eigenvalue weighted by Crippen LogP contribution is 2.25. The molecular formula is C18H18F2N4O2S. The van der Waals surface area contributed by atoms with Gasteiger partial charge in [-0.1, -0.05) is 23.9 Å². The lowest BCUT2D eigenvalue weighted by Crippen LogP contribution is -2.28. The van der Waals surface area contributed by atoms with Crippen LogP contribution in [-0.4, -0.2) is 31.8 Å². The van der Waals surface area contributed by atoms with Crippen LogP contribution in [0.1, 0.15) is 25.2 Å². The minimum absolute atomic E-state index is 0.0342. The number of aromatic nitrogens is 4. The van der Waals surface area contributed by atoms with Crippen molar-refractivity contribution in [3.05, 3.63) is 52.8 Å². The van der Waals surface area contributed by atoms with E-state index in [-0.39, 0.29) is 23.2 Å². The van der Waals surface area contributed by atoms with Gasteiger partial charge in [-0.25, -0.2) is 9.97 Å². The maximum Gasteiger partial charge on any atom is 0.319 e. The van der Waals surface area contributed by atoms with Gasteiger partial charge in [0.1, 0.15) is 5.82 Å². The van der Waals surface area contributed by atoms with Crippen molar-refractivity contribution in [3.63, 3.8) is 0 Å². The molecule has 0 spiro atoms. The monoisotopic (exact) mass is 392 g/mol. The van der Waals surface area contributed by atoms with Crippen LogP contribution in [-0.2, 0) is 17.0 Å². The molecule has 0 amide bonds. The van der Waals surface area contributed by atoms with Crippen LogP contribution in [0.2, 0.25) is 0 Å². The molecule has 3 aromatic rings. The van der Waals surface area contributed by atoms with Gasteiger partial charge in [-0.15, -0.1) is 0 Å². The average Bonchev–Trinajstić information content (AvgIpc) is 3.34. The molecule has 2 aromatic heterocycles. The van der Waals surface area contributed by atoms with Gasteiger partial charge >= 0.3 is 6.55 Å². The van der Waals surface area contributed by atoms with Gasteiger partial charge in [0, 0.05) is 19.0 Å². The summed E-state index contributed by atoms with van der Waals surface area (Å²) < 4.78 is 34.1. The summed E-state index contributed by atoms with van der Waals surface area (Å²) in [4.78, 5) is 21.6. The number of halogens is 2. The fourth-order valence-electron chi connectivity index (χ4n) is 3.17. The van der Waals surface area contributed by atoms with E-state index < -0.39 is 6.55 Å². The summed E-state index contributed by atoms with van der Waals surface area (Å²) in [7, 11) is 0. The molecule has 0 bridgehead atoms. The van der Waals surface area contributed by atoms with Crippen molar-refractivity contribution in [2.24, 2.45) is 0 Å². The molecule has 0 aliphatic carbocycles. The standard InChI is InChI=1S/C18H18F2N4O2S/c19-17(20)23-8-7-21-15(23)11-27-18-22-14-6-2-1-5-13(14)16(25)24(18)10-12-4-3-9-26-12/h1-2,5-8,12,17H,3-4,9-11H2/t12-/m1/s1. The lowest BCUT2D eigenvalue weighted by atomic mass is 10.2. The molecule has 0 saturated carbocycles. The van der Waals surface area contributed by atoms with Crippen molar-refractivity contribution in [2.75, 3.05) is 6.61 Å². The minimum Gasteiger partial charge on any atom is -0.376 e. The zero-order valence-corrected chi connectivity index (χ0v) is 15.2. The summed E-state index contributed by atoms with van der Waals surface area (Å²) in [6, 6.07) is 7.14. The number of imidazole rings is 1. The average molecular weight is 392 g/mol. The van der Waals surface area contributed by atoms with Crippen LogP contribution < -0.4 is 5.56 Å². The van der Waals surface area contributed by atoms with E-state index in [9.17, 15) is 13.6 Å². The van der Waals surface area contributed by atoms with Crippen molar-refractivity contribution >= 4 is 22.7 Å². The number of benzene rings is 1. The molecule has 0 N–H and O–H groups in total. The lowest BCUT2D eigenvalue weighted by Gasteiger charge is -2.16. The van der Waals surface area contributed by atoms with Gasteiger partial charge in [0.15, 0.2) is 5.16 Å². The molecular weight excluding hydrogens is 374 g/mol. The van der Waals surface area contributed by atoms with Gasteiger partial charge in [-0.3, -0.25) is 13.9 Å². The Morgan fingerprint density at radius 2 is 2.19 bits per heavy atom. The van der Waals surface area contributed by atoms with Crippen LogP contribution >= 0.6 is 11.8 Å². The fraction of sp³-hybridized carbons (Fsp3) is 0.389. The molecule has 1 aliphatic heterocycles. The second-order valence-electron chi connectivity index (χ2n) is 6.28. The minimum atomic E-state index is -2.65. The van der Waals surface area contributed by atoms with Crippen molar-refractivity contribution in [2.45, 2.75) is 42.9 Å². The van der Waals surface area contributed by atoms with E-state index in [1.807, 2.05) is 6.07 Å². The Balaban J connectivity index is 1.68. The van der Waals surface area contributed by atoms with Crippen molar-refractivity contribution in [3.8, 4) is 0 Å². The molecule has 142 valence electrons. The van der Waals surface area contributed by atoms with E-state index in [0.29, 0.717) is 29.2 Å². The number of ether oxygens (including phenoxy) is 1. The van der Waals surface area contributed by atoms with E-state index in [0.717, 1.165) is 17.4 Å². The molecule has 9 heteroatoms. The number of fused-ring (bicyclic) bond motifs is 1. The smallest absolute Gasteiger partial charge is 0.319 e. The molecule has 27 heavy (non-hydrogen) atoms. The Morgan fingerprint density at radius 1 is 1.33 bits per heavy atom.